The Balaban J connectivity index is 0. The van der Waals surface area contributed by atoms with E-state index >= 15 is 0 Å². The second-order valence-corrected chi connectivity index (χ2v) is 242. The summed E-state index contributed by atoms with van der Waals surface area (Å²) in [5, 5.41) is 0. The predicted octanol–water partition coefficient (Wildman–Crippen LogP) is 3.86. The second kappa shape index (κ2) is 7.15. The first kappa shape index (κ1) is 16.3. The molecule has 1 nitrogen and oxygen atoms in total. The molecule has 0 spiro atoms. The van der Waals surface area contributed by atoms with E-state index in [0.717, 1.165) is 4.48 Å². The van der Waals surface area contributed by atoms with Crippen LogP contribution >= 0.6 is 70.7 Å². The van der Waals surface area contributed by atoms with Crippen LogP contribution in [0.1, 0.15) is 0 Å². The summed E-state index contributed by atoms with van der Waals surface area (Å²) >= 11 is 10.3. The third kappa shape index (κ3) is 94.9. The van der Waals surface area contributed by atoms with Crippen molar-refractivity contribution in [3.63, 3.8) is 0 Å². The molecule has 0 saturated heterocycles. The summed E-state index contributed by atoms with van der Waals surface area (Å²) in [5.41, 5.74) is 0. The Kier molecular flexibility index (Phi) is 11.6. The fourth-order valence-corrected chi connectivity index (χ4v) is 0. The Morgan fingerprint density at radius 1 is 0.800 bits per heavy atom. The SMILES string of the molecule is C[N+](C)(C)C.[I][Hg]([I])([I])[I]. The Morgan fingerprint density at radius 2 is 0.800 bits per heavy atom. The van der Waals surface area contributed by atoms with Crippen LogP contribution in [0.15, 0.2) is 0 Å². The molecule has 6 heteroatoms. The molecule has 0 unspecified atom stereocenters. The van der Waals surface area contributed by atoms with Crippen LogP contribution in [0.25, 0.3) is 0 Å². The van der Waals surface area contributed by atoms with Crippen LogP contribution < -0.4 is 0 Å². The number of rotatable bonds is 0. The predicted molar refractivity (Wildman–Crippen MR) is 80.0 cm³/mol. The molecule has 0 aromatic heterocycles. The fourth-order valence-electron chi connectivity index (χ4n) is 0. The zero-order valence-corrected chi connectivity index (χ0v) is 20.8. The molecule has 0 aliphatic carbocycles. The van der Waals surface area contributed by atoms with E-state index in [0.29, 0.717) is 0 Å². The topological polar surface area (TPSA) is 0 Å². The minimum atomic E-state index is -1.51. The van der Waals surface area contributed by atoms with Gasteiger partial charge in [0.05, 0.1) is 28.2 Å². The van der Waals surface area contributed by atoms with Gasteiger partial charge in [0.1, 0.15) is 0 Å². The molecule has 0 aliphatic heterocycles. The van der Waals surface area contributed by atoms with Gasteiger partial charge < -0.3 is 4.48 Å². The molecule has 0 bridgehead atoms. The Labute approximate surface area is 104 Å². The van der Waals surface area contributed by atoms with Crippen LogP contribution in [0.4, 0.5) is 0 Å². The zero-order chi connectivity index (χ0) is 9.00. The standard InChI is InChI=1S/C4H12N.Hg.4HI/c1-5(2,3)4;;;;;/h1-4H3;;4*1H/q+1;+4;;;;/p-4. The van der Waals surface area contributed by atoms with Gasteiger partial charge in [-0.15, -0.1) is 0 Å². The van der Waals surface area contributed by atoms with Gasteiger partial charge in [-0.1, -0.05) is 0 Å². The maximum atomic E-state index is 2.57. The summed E-state index contributed by atoms with van der Waals surface area (Å²) in [5.74, 6) is 0. The summed E-state index contributed by atoms with van der Waals surface area (Å²) in [6.45, 7) is 0. The van der Waals surface area contributed by atoms with Gasteiger partial charge in [-0.05, 0) is 0 Å². The molecule has 0 aromatic rings. The monoisotopic (exact) mass is 784 g/mol. The van der Waals surface area contributed by atoms with Crippen molar-refractivity contribution in [3.8, 4) is 0 Å². The van der Waals surface area contributed by atoms with Crippen molar-refractivity contribution in [2.75, 3.05) is 28.2 Å². The number of hydrogen-bond acceptors (Lipinski definition) is 0. The van der Waals surface area contributed by atoms with E-state index in [1.54, 1.807) is 0 Å². The van der Waals surface area contributed by atoms with Gasteiger partial charge in [0.2, 0.25) is 0 Å². The normalized spacial score (nSPS) is 10.4. The van der Waals surface area contributed by atoms with Crippen LogP contribution in [-0.4, -0.2) is 32.7 Å². The summed E-state index contributed by atoms with van der Waals surface area (Å²) in [4.78, 5) is 0. The average molecular weight is 782 g/mol. The zero-order valence-electron chi connectivity index (χ0n) is 6.67. The summed E-state index contributed by atoms with van der Waals surface area (Å²) in [7, 11) is 8.50. The molecule has 0 rings (SSSR count). The summed E-state index contributed by atoms with van der Waals surface area (Å²) < 4.78 is -0.509. The van der Waals surface area contributed by atoms with Crippen molar-refractivity contribution >= 4 is 70.7 Å². The van der Waals surface area contributed by atoms with E-state index in [-0.39, 0.29) is 0 Å². The summed E-state index contributed by atoms with van der Waals surface area (Å²) in [6, 6.07) is 0. The number of halogens is 4. The molecule has 0 amide bonds. The van der Waals surface area contributed by atoms with Crippen molar-refractivity contribution in [2.45, 2.75) is 0 Å². The maximum absolute atomic E-state index is 2.57. The van der Waals surface area contributed by atoms with E-state index in [2.05, 4.69) is 98.9 Å². The van der Waals surface area contributed by atoms with Gasteiger partial charge in [-0.25, -0.2) is 0 Å². The fraction of sp³-hybridized carbons (Fsp3) is 1.00. The van der Waals surface area contributed by atoms with E-state index in [1.807, 2.05) is 0 Å². The molecule has 0 saturated carbocycles. The van der Waals surface area contributed by atoms with Crippen LogP contribution in [0.5, 0.6) is 0 Å². The Bertz CT molecular complexity index is 60.2. The van der Waals surface area contributed by atoms with Gasteiger partial charge in [0.15, 0.2) is 0 Å². The Morgan fingerprint density at radius 3 is 0.800 bits per heavy atom. The van der Waals surface area contributed by atoms with Gasteiger partial charge in [0, 0.05) is 0 Å². The van der Waals surface area contributed by atoms with E-state index in [1.165, 1.54) is 0 Å². The van der Waals surface area contributed by atoms with Gasteiger partial charge >= 0.3 is 74.8 Å². The van der Waals surface area contributed by atoms with Crippen LogP contribution in [0.2, 0.25) is 0 Å². The number of hydrogen-bond donors (Lipinski definition) is 0. The molecule has 0 fully saturated rings. The van der Waals surface area contributed by atoms with Crippen LogP contribution in [0, 0.1) is 0 Å². The first-order valence-corrected chi connectivity index (χ1v) is 64.7. The van der Waals surface area contributed by atoms with Crippen molar-refractivity contribution in [3.05, 3.63) is 0 Å². The number of nitrogens with zero attached hydrogens (tertiary/aromatic N) is 1. The molecule has 10 heavy (non-hydrogen) atoms. The molecular weight excluding hydrogens is 770 g/mol. The molecule has 0 N–H and O–H groups in total. The molecule has 0 atom stereocenters. The average Bonchev–Trinajstić information content (AvgIpc) is 1.12. The minimum absolute atomic E-state index is 1.00. The molecule has 0 aliphatic rings. The van der Waals surface area contributed by atoms with Gasteiger partial charge in [-0.3, -0.25) is 0 Å². The van der Waals surface area contributed by atoms with Crippen molar-refractivity contribution in [1.82, 2.24) is 0 Å². The third-order valence-electron chi connectivity index (χ3n) is 0. The Hall–Kier alpha value is 3.82. The molecule has 0 aromatic carbocycles. The van der Waals surface area contributed by atoms with Gasteiger partial charge in [0.25, 0.3) is 0 Å². The van der Waals surface area contributed by atoms with Crippen molar-refractivity contribution in [1.29, 1.82) is 0 Å². The molecular formula is C4H12HgI4N+. The summed E-state index contributed by atoms with van der Waals surface area (Å²) in [6.07, 6.45) is 0. The quantitative estimate of drug-likeness (QED) is 0.199. The first-order chi connectivity index (χ1) is 4.00. The molecule has 62 valence electrons. The first-order valence-electron chi connectivity index (χ1n) is 2.86. The second-order valence-electron chi connectivity index (χ2n) is 3.29. The molecule has 0 radical (unpaired) electrons. The third-order valence-corrected chi connectivity index (χ3v) is 0. The van der Waals surface area contributed by atoms with Gasteiger partial charge in [-0.2, -0.15) is 0 Å². The van der Waals surface area contributed by atoms with Crippen LogP contribution in [-0.2, 0) is 4.17 Å². The number of quaternary nitrogens is 1. The van der Waals surface area contributed by atoms with E-state index in [9.17, 15) is 0 Å². The van der Waals surface area contributed by atoms with Crippen molar-refractivity contribution in [2.24, 2.45) is 0 Å². The van der Waals surface area contributed by atoms with Crippen LogP contribution in [0.3, 0.4) is 0 Å². The van der Waals surface area contributed by atoms with E-state index in [4.69, 9.17) is 0 Å². The van der Waals surface area contributed by atoms with E-state index < -0.39 is 4.17 Å². The molecule has 0 heterocycles. The van der Waals surface area contributed by atoms with Crippen molar-refractivity contribution < 1.29 is 8.65 Å².